The Bertz CT molecular complexity index is 441. The summed E-state index contributed by atoms with van der Waals surface area (Å²) in [6.45, 7) is 3.12. The molecule has 0 radical (unpaired) electrons. The van der Waals surface area contributed by atoms with E-state index in [0.29, 0.717) is 18.4 Å². The molecule has 1 fully saturated rings. The molecule has 1 aromatic heterocycles. The van der Waals surface area contributed by atoms with Gasteiger partial charge in [0.1, 0.15) is 0 Å². The number of anilines is 1. The van der Waals surface area contributed by atoms with Crippen LogP contribution in [0.4, 0.5) is 5.95 Å². The maximum atomic E-state index is 10.7. The maximum absolute atomic E-state index is 10.7. The largest absolute Gasteiger partial charge is 0.481 e. The number of aromatic nitrogens is 2. The molecule has 2 heterocycles. The number of aliphatic carboxylic acids is 1. The maximum Gasteiger partial charge on any atom is 0.317 e. The minimum atomic E-state index is -0.786. The van der Waals surface area contributed by atoms with Crippen LogP contribution in [-0.2, 0) is 4.79 Å². The predicted octanol–water partition coefficient (Wildman–Crippen LogP) is 0.0819. The van der Waals surface area contributed by atoms with Crippen molar-refractivity contribution in [3.05, 3.63) is 12.3 Å². The third-order valence-electron chi connectivity index (χ3n) is 3.06. The fourth-order valence-corrected chi connectivity index (χ4v) is 2.12. The lowest BCUT2D eigenvalue weighted by Crippen LogP contribution is -2.34. The summed E-state index contributed by atoms with van der Waals surface area (Å²) in [5.74, 6) is 0.388. The molecule has 104 valence electrons. The molecule has 0 amide bonds. The molecule has 0 spiro atoms. The lowest BCUT2D eigenvalue weighted by Gasteiger charge is -2.21. The summed E-state index contributed by atoms with van der Waals surface area (Å²) < 4.78 is 5.08. The highest BCUT2D eigenvalue weighted by atomic mass is 16.5. The zero-order chi connectivity index (χ0) is 13.7. The second-order valence-corrected chi connectivity index (χ2v) is 4.41. The van der Waals surface area contributed by atoms with E-state index in [-0.39, 0.29) is 6.54 Å². The molecule has 1 aliphatic heterocycles. The van der Waals surface area contributed by atoms with Crippen LogP contribution in [0.3, 0.4) is 0 Å². The summed E-state index contributed by atoms with van der Waals surface area (Å²) in [6.07, 6.45) is 2.56. The Morgan fingerprint density at radius 3 is 3.00 bits per heavy atom. The Kier molecular flexibility index (Phi) is 4.51. The zero-order valence-electron chi connectivity index (χ0n) is 10.9. The van der Waals surface area contributed by atoms with Crippen molar-refractivity contribution in [1.29, 1.82) is 0 Å². The number of rotatable bonds is 4. The predicted molar refractivity (Wildman–Crippen MR) is 69.5 cm³/mol. The fraction of sp³-hybridized carbons (Fsp3) is 0.583. The minimum absolute atomic E-state index is 0.0901. The van der Waals surface area contributed by atoms with Crippen molar-refractivity contribution in [3.63, 3.8) is 0 Å². The van der Waals surface area contributed by atoms with E-state index in [1.54, 1.807) is 19.4 Å². The summed E-state index contributed by atoms with van der Waals surface area (Å²) in [6, 6.07) is 1.71. The van der Waals surface area contributed by atoms with Crippen LogP contribution < -0.4 is 9.64 Å². The Morgan fingerprint density at radius 1 is 1.42 bits per heavy atom. The van der Waals surface area contributed by atoms with Crippen molar-refractivity contribution >= 4 is 11.9 Å². The van der Waals surface area contributed by atoms with E-state index in [0.717, 1.165) is 26.1 Å². The third-order valence-corrected chi connectivity index (χ3v) is 3.06. The van der Waals surface area contributed by atoms with Gasteiger partial charge < -0.3 is 14.7 Å². The van der Waals surface area contributed by atoms with Gasteiger partial charge in [-0.1, -0.05) is 0 Å². The minimum Gasteiger partial charge on any atom is -0.481 e. The molecule has 1 N–H and O–H groups in total. The molecule has 7 heteroatoms. The van der Waals surface area contributed by atoms with Crippen LogP contribution in [0, 0.1) is 0 Å². The number of hydrogen-bond acceptors (Lipinski definition) is 6. The molecule has 1 saturated heterocycles. The van der Waals surface area contributed by atoms with Gasteiger partial charge in [0.05, 0.1) is 13.7 Å². The number of methoxy groups -OCH3 is 1. The van der Waals surface area contributed by atoms with E-state index < -0.39 is 5.97 Å². The molecule has 0 saturated carbocycles. The fourth-order valence-electron chi connectivity index (χ4n) is 2.12. The van der Waals surface area contributed by atoms with E-state index in [2.05, 4.69) is 14.9 Å². The zero-order valence-corrected chi connectivity index (χ0v) is 10.9. The highest BCUT2D eigenvalue weighted by molar-refractivity contribution is 5.69. The van der Waals surface area contributed by atoms with E-state index in [4.69, 9.17) is 9.84 Å². The molecule has 1 aliphatic rings. The molecule has 0 bridgehead atoms. The molecule has 7 nitrogen and oxygen atoms in total. The van der Waals surface area contributed by atoms with Gasteiger partial charge in [0.25, 0.3) is 0 Å². The van der Waals surface area contributed by atoms with Gasteiger partial charge >= 0.3 is 5.97 Å². The van der Waals surface area contributed by atoms with Crippen LogP contribution in [0.5, 0.6) is 5.88 Å². The lowest BCUT2D eigenvalue weighted by atomic mass is 10.4. The Morgan fingerprint density at radius 2 is 2.26 bits per heavy atom. The number of carboxylic acids is 1. The van der Waals surface area contributed by atoms with Crippen LogP contribution in [0.1, 0.15) is 6.42 Å². The van der Waals surface area contributed by atoms with Crippen LogP contribution in [0.15, 0.2) is 12.3 Å². The number of carbonyl (C=O) groups is 1. The van der Waals surface area contributed by atoms with E-state index >= 15 is 0 Å². The first-order chi connectivity index (χ1) is 9.19. The van der Waals surface area contributed by atoms with Crippen molar-refractivity contribution in [2.75, 3.05) is 44.7 Å². The van der Waals surface area contributed by atoms with Crippen LogP contribution in [0.25, 0.3) is 0 Å². The molecular weight excluding hydrogens is 248 g/mol. The summed E-state index contributed by atoms with van der Waals surface area (Å²) in [5.41, 5.74) is 0. The molecule has 1 aromatic rings. The first-order valence-corrected chi connectivity index (χ1v) is 6.25. The van der Waals surface area contributed by atoms with E-state index in [1.807, 2.05) is 4.90 Å². The summed E-state index contributed by atoms with van der Waals surface area (Å²) in [7, 11) is 1.57. The molecule has 0 unspecified atom stereocenters. The second-order valence-electron chi connectivity index (χ2n) is 4.41. The van der Waals surface area contributed by atoms with Gasteiger partial charge in [-0.2, -0.15) is 4.98 Å². The van der Waals surface area contributed by atoms with E-state index in [9.17, 15) is 4.79 Å². The second kappa shape index (κ2) is 6.33. The average Bonchev–Trinajstić information content (AvgIpc) is 2.64. The van der Waals surface area contributed by atoms with Crippen LogP contribution >= 0.6 is 0 Å². The monoisotopic (exact) mass is 266 g/mol. The summed E-state index contributed by atoms with van der Waals surface area (Å²) >= 11 is 0. The highest BCUT2D eigenvalue weighted by Gasteiger charge is 2.18. The summed E-state index contributed by atoms with van der Waals surface area (Å²) in [5, 5.41) is 8.81. The topological polar surface area (TPSA) is 78.8 Å². The van der Waals surface area contributed by atoms with Crippen molar-refractivity contribution in [2.24, 2.45) is 0 Å². The smallest absolute Gasteiger partial charge is 0.317 e. The van der Waals surface area contributed by atoms with Crippen molar-refractivity contribution in [3.8, 4) is 5.88 Å². The Balaban J connectivity index is 2.00. The number of hydrogen-bond donors (Lipinski definition) is 1. The molecule has 0 aromatic carbocycles. The lowest BCUT2D eigenvalue weighted by molar-refractivity contribution is -0.138. The van der Waals surface area contributed by atoms with Crippen molar-refractivity contribution < 1.29 is 14.6 Å². The molecule has 0 aliphatic carbocycles. The van der Waals surface area contributed by atoms with Gasteiger partial charge in [0.2, 0.25) is 11.8 Å². The van der Waals surface area contributed by atoms with Gasteiger partial charge in [0, 0.05) is 38.4 Å². The first-order valence-electron chi connectivity index (χ1n) is 6.25. The quantitative estimate of drug-likeness (QED) is 0.826. The van der Waals surface area contributed by atoms with Gasteiger partial charge in [0.15, 0.2) is 0 Å². The number of nitrogens with zero attached hydrogens (tertiary/aromatic N) is 4. The Hall–Kier alpha value is -1.89. The van der Waals surface area contributed by atoms with Crippen LogP contribution in [-0.4, -0.2) is 65.8 Å². The summed E-state index contributed by atoms with van der Waals surface area (Å²) in [4.78, 5) is 23.3. The van der Waals surface area contributed by atoms with Gasteiger partial charge in [-0.15, -0.1) is 0 Å². The van der Waals surface area contributed by atoms with Gasteiger partial charge in [-0.3, -0.25) is 9.69 Å². The van der Waals surface area contributed by atoms with Crippen molar-refractivity contribution in [2.45, 2.75) is 6.42 Å². The normalized spacial score (nSPS) is 17.0. The molecular formula is C12H18N4O3. The van der Waals surface area contributed by atoms with Gasteiger partial charge in [-0.05, 0) is 6.42 Å². The standard InChI is InChI=1S/C12H18N4O3/c1-19-10-3-4-13-12(14-10)16-6-2-5-15(7-8-16)9-11(17)18/h3-4H,2,5-9H2,1H3,(H,17,18). The number of carboxylic acid groups (broad SMARTS) is 1. The average molecular weight is 266 g/mol. The highest BCUT2D eigenvalue weighted by Crippen LogP contribution is 2.14. The molecule has 19 heavy (non-hydrogen) atoms. The van der Waals surface area contributed by atoms with Crippen LogP contribution in [0.2, 0.25) is 0 Å². The first kappa shape index (κ1) is 13.5. The van der Waals surface area contributed by atoms with E-state index in [1.165, 1.54) is 0 Å². The SMILES string of the molecule is COc1ccnc(N2CCCN(CC(=O)O)CC2)n1. The van der Waals surface area contributed by atoms with Gasteiger partial charge in [-0.25, -0.2) is 4.98 Å². The van der Waals surface area contributed by atoms with Crippen molar-refractivity contribution in [1.82, 2.24) is 14.9 Å². The number of ether oxygens (including phenoxy) is 1. The Labute approximate surface area is 111 Å². The molecule has 0 atom stereocenters. The third kappa shape index (κ3) is 3.78. The molecule has 2 rings (SSSR count).